The van der Waals surface area contributed by atoms with Crippen LogP contribution in [0.1, 0.15) is 16.8 Å². The van der Waals surface area contributed by atoms with Gasteiger partial charge in [0, 0.05) is 37.8 Å². The number of aromatic amines is 1. The lowest BCUT2D eigenvalue weighted by atomic mass is 10.1. The predicted octanol–water partition coefficient (Wildman–Crippen LogP) is 1.97. The molecule has 0 unspecified atom stereocenters. The standard InChI is InChI=1S/C19H19N5O/c20-19-22-17-8-9-24(12-15(17)18(25)23-19)11-13-6-7-16(21-10-13)14-4-2-1-3-5-14/h1-7,10H,8-9,11-12H2,(H3,20,22,23,25). The van der Waals surface area contributed by atoms with Crippen LogP contribution in [0.2, 0.25) is 0 Å². The zero-order valence-corrected chi connectivity index (χ0v) is 13.8. The van der Waals surface area contributed by atoms with Gasteiger partial charge in [0.25, 0.3) is 5.56 Å². The Morgan fingerprint density at radius 2 is 2.00 bits per heavy atom. The Morgan fingerprint density at radius 3 is 2.76 bits per heavy atom. The van der Waals surface area contributed by atoms with E-state index in [4.69, 9.17) is 5.73 Å². The first kappa shape index (κ1) is 15.5. The van der Waals surface area contributed by atoms with Crippen LogP contribution < -0.4 is 11.3 Å². The third-order valence-corrected chi connectivity index (χ3v) is 4.47. The van der Waals surface area contributed by atoms with Gasteiger partial charge in [0.05, 0.1) is 17.0 Å². The van der Waals surface area contributed by atoms with E-state index >= 15 is 0 Å². The maximum absolute atomic E-state index is 12.1. The molecule has 6 nitrogen and oxygen atoms in total. The van der Waals surface area contributed by atoms with Crippen LogP contribution >= 0.6 is 0 Å². The molecule has 0 atom stereocenters. The van der Waals surface area contributed by atoms with Crippen LogP contribution in [0, 0.1) is 0 Å². The number of benzene rings is 1. The van der Waals surface area contributed by atoms with Gasteiger partial charge in [-0.2, -0.15) is 0 Å². The number of anilines is 1. The molecule has 0 spiro atoms. The molecule has 0 radical (unpaired) electrons. The van der Waals surface area contributed by atoms with Crippen molar-refractivity contribution in [2.45, 2.75) is 19.5 Å². The van der Waals surface area contributed by atoms with E-state index in [-0.39, 0.29) is 11.5 Å². The molecule has 0 bridgehead atoms. The number of nitrogens with one attached hydrogen (secondary N) is 1. The molecule has 6 heteroatoms. The Kier molecular flexibility index (Phi) is 4.03. The van der Waals surface area contributed by atoms with E-state index in [9.17, 15) is 4.79 Å². The number of nitrogen functional groups attached to an aromatic ring is 1. The molecule has 126 valence electrons. The van der Waals surface area contributed by atoms with Crippen molar-refractivity contribution in [2.75, 3.05) is 12.3 Å². The second-order valence-corrected chi connectivity index (χ2v) is 6.25. The third kappa shape index (κ3) is 3.29. The summed E-state index contributed by atoms with van der Waals surface area (Å²) in [5.41, 5.74) is 10.2. The van der Waals surface area contributed by atoms with Gasteiger partial charge in [-0.15, -0.1) is 0 Å². The summed E-state index contributed by atoms with van der Waals surface area (Å²) < 4.78 is 0. The molecule has 0 saturated heterocycles. The molecule has 0 saturated carbocycles. The second-order valence-electron chi connectivity index (χ2n) is 6.25. The molecule has 3 N–H and O–H groups in total. The minimum Gasteiger partial charge on any atom is -0.369 e. The summed E-state index contributed by atoms with van der Waals surface area (Å²) in [4.78, 5) is 25.7. The molecule has 25 heavy (non-hydrogen) atoms. The number of pyridine rings is 1. The molecule has 2 aromatic heterocycles. The smallest absolute Gasteiger partial charge is 0.257 e. The molecule has 3 aromatic rings. The number of aromatic nitrogens is 3. The number of hydrogen-bond acceptors (Lipinski definition) is 5. The topological polar surface area (TPSA) is 87.9 Å². The lowest BCUT2D eigenvalue weighted by Crippen LogP contribution is -2.35. The Morgan fingerprint density at radius 1 is 1.16 bits per heavy atom. The second kappa shape index (κ2) is 6.49. The highest BCUT2D eigenvalue weighted by Gasteiger charge is 2.20. The average Bonchev–Trinajstić information content (AvgIpc) is 2.63. The highest BCUT2D eigenvalue weighted by molar-refractivity contribution is 5.58. The van der Waals surface area contributed by atoms with Crippen molar-refractivity contribution in [2.24, 2.45) is 0 Å². The largest absolute Gasteiger partial charge is 0.369 e. The highest BCUT2D eigenvalue weighted by Crippen LogP contribution is 2.19. The molecule has 3 heterocycles. The molecule has 1 aliphatic rings. The molecule has 0 fully saturated rings. The fraction of sp³-hybridized carbons (Fsp3) is 0.211. The predicted molar refractivity (Wildman–Crippen MR) is 96.8 cm³/mol. The van der Waals surface area contributed by atoms with Crippen molar-refractivity contribution in [1.29, 1.82) is 0 Å². The van der Waals surface area contributed by atoms with E-state index in [1.54, 1.807) is 0 Å². The Balaban J connectivity index is 1.49. The lowest BCUT2D eigenvalue weighted by Gasteiger charge is -2.27. The first-order valence-corrected chi connectivity index (χ1v) is 8.29. The van der Waals surface area contributed by atoms with Gasteiger partial charge in [-0.05, 0) is 11.6 Å². The van der Waals surface area contributed by atoms with E-state index in [1.165, 1.54) is 0 Å². The molecule has 0 amide bonds. The summed E-state index contributed by atoms with van der Waals surface area (Å²) in [6, 6.07) is 14.2. The maximum atomic E-state index is 12.1. The number of rotatable bonds is 3. The van der Waals surface area contributed by atoms with Crippen LogP contribution in [0.25, 0.3) is 11.3 Å². The monoisotopic (exact) mass is 333 g/mol. The Hall–Kier alpha value is -2.99. The number of fused-ring (bicyclic) bond motifs is 1. The molecular formula is C19H19N5O. The number of nitrogens with zero attached hydrogens (tertiary/aromatic N) is 3. The normalized spacial score (nSPS) is 14.2. The number of hydrogen-bond donors (Lipinski definition) is 2. The van der Waals surface area contributed by atoms with Crippen molar-refractivity contribution in [3.05, 3.63) is 75.8 Å². The van der Waals surface area contributed by atoms with Gasteiger partial charge in [0.2, 0.25) is 5.95 Å². The van der Waals surface area contributed by atoms with Gasteiger partial charge in [0.1, 0.15) is 0 Å². The molecule has 1 aromatic carbocycles. The summed E-state index contributed by atoms with van der Waals surface area (Å²) >= 11 is 0. The van der Waals surface area contributed by atoms with Crippen LogP contribution in [0.4, 0.5) is 5.95 Å². The molecule has 1 aliphatic heterocycles. The number of H-pyrrole nitrogens is 1. The van der Waals surface area contributed by atoms with Crippen molar-refractivity contribution < 1.29 is 0 Å². The average molecular weight is 333 g/mol. The summed E-state index contributed by atoms with van der Waals surface area (Å²) in [7, 11) is 0. The lowest BCUT2D eigenvalue weighted by molar-refractivity contribution is 0.241. The minimum absolute atomic E-state index is 0.134. The maximum Gasteiger partial charge on any atom is 0.257 e. The van der Waals surface area contributed by atoms with Gasteiger partial charge in [-0.1, -0.05) is 36.4 Å². The first-order chi connectivity index (χ1) is 12.2. The Labute approximate surface area is 145 Å². The summed E-state index contributed by atoms with van der Waals surface area (Å²) in [5, 5.41) is 0. The van der Waals surface area contributed by atoms with Crippen molar-refractivity contribution in [1.82, 2.24) is 19.9 Å². The summed E-state index contributed by atoms with van der Waals surface area (Å²) in [5.74, 6) is 0.193. The molecular weight excluding hydrogens is 314 g/mol. The Bertz CT molecular complexity index is 934. The summed E-state index contributed by atoms with van der Waals surface area (Å²) in [6.07, 6.45) is 2.64. The van der Waals surface area contributed by atoms with Crippen LogP contribution in [-0.4, -0.2) is 26.4 Å². The van der Waals surface area contributed by atoms with Gasteiger partial charge < -0.3 is 5.73 Å². The van der Waals surface area contributed by atoms with Crippen LogP contribution in [0.15, 0.2) is 53.5 Å². The van der Waals surface area contributed by atoms with Gasteiger partial charge in [0.15, 0.2) is 0 Å². The van der Waals surface area contributed by atoms with Gasteiger partial charge in [-0.25, -0.2) is 4.98 Å². The van der Waals surface area contributed by atoms with Crippen LogP contribution in [-0.2, 0) is 19.5 Å². The molecule has 4 rings (SSSR count). The minimum atomic E-state index is -0.134. The zero-order chi connectivity index (χ0) is 17.2. The fourth-order valence-electron chi connectivity index (χ4n) is 3.19. The van der Waals surface area contributed by atoms with E-state index in [0.717, 1.165) is 42.0 Å². The molecule has 0 aliphatic carbocycles. The zero-order valence-electron chi connectivity index (χ0n) is 13.8. The van der Waals surface area contributed by atoms with Crippen molar-refractivity contribution in [3.8, 4) is 11.3 Å². The van der Waals surface area contributed by atoms with Crippen LogP contribution in [0.3, 0.4) is 0 Å². The van der Waals surface area contributed by atoms with E-state index < -0.39 is 0 Å². The third-order valence-electron chi connectivity index (χ3n) is 4.47. The SMILES string of the molecule is Nc1nc2c(c(=O)[nH]1)CN(Cc1ccc(-c3ccccc3)nc1)CC2. The van der Waals surface area contributed by atoms with E-state index in [1.807, 2.05) is 30.5 Å². The van der Waals surface area contributed by atoms with E-state index in [2.05, 4.69) is 38.1 Å². The fourth-order valence-corrected chi connectivity index (χ4v) is 3.19. The van der Waals surface area contributed by atoms with Crippen LogP contribution in [0.5, 0.6) is 0 Å². The van der Waals surface area contributed by atoms with Crippen molar-refractivity contribution in [3.63, 3.8) is 0 Å². The number of nitrogens with two attached hydrogens (primary N) is 1. The highest BCUT2D eigenvalue weighted by atomic mass is 16.1. The van der Waals surface area contributed by atoms with E-state index in [0.29, 0.717) is 12.1 Å². The summed E-state index contributed by atoms with van der Waals surface area (Å²) in [6.45, 7) is 2.19. The quantitative estimate of drug-likeness (QED) is 0.765. The van der Waals surface area contributed by atoms with Crippen molar-refractivity contribution >= 4 is 5.95 Å². The first-order valence-electron chi connectivity index (χ1n) is 8.29. The van der Waals surface area contributed by atoms with Gasteiger partial charge in [-0.3, -0.25) is 19.7 Å². The van der Waals surface area contributed by atoms with Gasteiger partial charge >= 0.3 is 0 Å².